The molecular formula is C22H23N3O5. The largest absolute Gasteiger partial charge is 0.497 e. The predicted molar refractivity (Wildman–Crippen MR) is 110 cm³/mol. The van der Waals surface area contributed by atoms with E-state index >= 15 is 0 Å². The summed E-state index contributed by atoms with van der Waals surface area (Å²) in [6.45, 7) is 0.638. The topological polar surface area (TPSA) is 93.9 Å². The van der Waals surface area contributed by atoms with Crippen LogP contribution in [0.3, 0.4) is 0 Å². The average molecular weight is 409 g/mol. The molecule has 156 valence electrons. The molecule has 8 heteroatoms. The number of carbonyl (C=O) groups excluding carboxylic acids is 1. The van der Waals surface area contributed by atoms with Crippen LogP contribution in [-0.4, -0.2) is 48.6 Å². The molecule has 0 aliphatic carbocycles. The molecule has 0 bridgehead atoms. The maximum absolute atomic E-state index is 13.5. The van der Waals surface area contributed by atoms with E-state index in [0.29, 0.717) is 34.9 Å². The fourth-order valence-corrected chi connectivity index (χ4v) is 5.85. The monoisotopic (exact) mass is 409 g/mol. The van der Waals surface area contributed by atoms with Crippen LogP contribution in [-0.2, 0) is 10.3 Å². The van der Waals surface area contributed by atoms with Crippen LogP contribution in [0.25, 0.3) is 0 Å². The molecule has 1 N–H and O–H groups in total. The molecule has 4 atom stereocenters. The number of para-hydroxylation sites is 1. The predicted octanol–water partition coefficient (Wildman–Crippen LogP) is 2.76. The molecular weight excluding hydrogens is 386 g/mol. The van der Waals surface area contributed by atoms with E-state index in [1.807, 2.05) is 30.3 Å². The van der Waals surface area contributed by atoms with E-state index in [1.165, 1.54) is 0 Å². The molecule has 0 saturated carbocycles. The molecule has 2 aromatic carbocycles. The Morgan fingerprint density at radius 3 is 2.73 bits per heavy atom. The highest BCUT2D eigenvalue weighted by Gasteiger charge is 2.73. The number of anilines is 1. The second-order valence-electron chi connectivity index (χ2n) is 8.03. The normalized spacial score (nSPS) is 29.5. The summed E-state index contributed by atoms with van der Waals surface area (Å²) in [6.07, 6.45) is 1.67. The van der Waals surface area contributed by atoms with Gasteiger partial charge in [-0.3, -0.25) is 19.8 Å². The zero-order valence-corrected chi connectivity index (χ0v) is 16.8. The molecule has 0 radical (unpaired) electrons. The lowest BCUT2D eigenvalue weighted by Gasteiger charge is -2.32. The van der Waals surface area contributed by atoms with Gasteiger partial charge in [-0.1, -0.05) is 18.2 Å². The number of methoxy groups -OCH3 is 2. The molecule has 2 aromatic rings. The number of nitrogens with one attached hydrogen (secondary N) is 1. The third-order valence-corrected chi connectivity index (χ3v) is 6.89. The fraction of sp³-hybridized carbons (Fsp3) is 0.409. The van der Waals surface area contributed by atoms with Crippen LogP contribution in [0.2, 0.25) is 0 Å². The zero-order valence-electron chi connectivity index (χ0n) is 16.8. The molecule has 8 nitrogen and oxygen atoms in total. The van der Waals surface area contributed by atoms with E-state index in [0.717, 1.165) is 12.8 Å². The minimum absolute atomic E-state index is 0.140. The standard InChI is InChI=1S/C22H23N3O5/c1-29-13-9-10-18(30-2)14(12-13)19-17-8-5-11-24(17)22(20(19)25(27)28)15-6-3-4-7-16(15)23-21(22)26/h3-4,6-7,9-10,12,17,19-20H,5,8,11H2,1-2H3,(H,23,26)/t17-,19+,20+,22+/m0/s1. The first-order chi connectivity index (χ1) is 14.5. The first-order valence-corrected chi connectivity index (χ1v) is 10.1. The minimum Gasteiger partial charge on any atom is -0.497 e. The second kappa shape index (κ2) is 6.70. The highest BCUT2D eigenvalue weighted by atomic mass is 16.6. The third-order valence-electron chi connectivity index (χ3n) is 6.89. The number of carbonyl (C=O) groups is 1. The van der Waals surface area contributed by atoms with Gasteiger partial charge in [-0.25, -0.2) is 0 Å². The van der Waals surface area contributed by atoms with E-state index in [9.17, 15) is 14.9 Å². The van der Waals surface area contributed by atoms with Gasteiger partial charge >= 0.3 is 0 Å². The Kier molecular flexibility index (Phi) is 4.21. The van der Waals surface area contributed by atoms with Crippen molar-refractivity contribution in [2.75, 3.05) is 26.1 Å². The van der Waals surface area contributed by atoms with E-state index in [1.54, 1.807) is 26.4 Å². The smallest absolute Gasteiger partial charge is 0.256 e. The quantitative estimate of drug-likeness (QED) is 0.617. The lowest BCUT2D eigenvalue weighted by Crippen LogP contribution is -2.55. The number of rotatable bonds is 4. The van der Waals surface area contributed by atoms with Gasteiger partial charge in [0.15, 0.2) is 5.54 Å². The van der Waals surface area contributed by atoms with Crippen molar-refractivity contribution in [1.82, 2.24) is 4.90 Å². The molecule has 3 aliphatic rings. The number of amides is 1. The number of hydrogen-bond donors (Lipinski definition) is 1. The van der Waals surface area contributed by atoms with Gasteiger partial charge in [0.2, 0.25) is 0 Å². The maximum atomic E-state index is 13.5. The summed E-state index contributed by atoms with van der Waals surface area (Å²) in [5, 5.41) is 15.5. The van der Waals surface area contributed by atoms with Gasteiger partial charge < -0.3 is 14.8 Å². The van der Waals surface area contributed by atoms with Crippen LogP contribution in [0.1, 0.15) is 29.9 Å². The maximum Gasteiger partial charge on any atom is 0.256 e. The SMILES string of the molecule is COc1ccc(OC)c([C@@H]2[C@@H]3CCCN3[C@@]3(C(=O)Nc4ccccc43)[C@@H]2[N+](=O)[O-])c1. The van der Waals surface area contributed by atoms with Crippen LogP contribution in [0, 0.1) is 10.1 Å². The lowest BCUT2D eigenvalue weighted by atomic mass is 9.77. The first-order valence-electron chi connectivity index (χ1n) is 10.1. The highest BCUT2D eigenvalue weighted by Crippen LogP contribution is 2.59. The number of ether oxygens (including phenoxy) is 2. The molecule has 0 unspecified atom stereocenters. The van der Waals surface area contributed by atoms with Crippen LogP contribution < -0.4 is 14.8 Å². The van der Waals surface area contributed by atoms with Gasteiger partial charge in [0.1, 0.15) is 11.5 Å². The van der Waals surface area contributed by atoms with Crippen molar-refractivity contribution in [2.45, 2.75) is 36.4 Å². The van der Waals surface area contributed by atoms with Gasteiger partial charge in [0, 0.05) is 34.3 Å². The van der Waals surface area contributed by atoms with Crippen LogP contribution in [0.15, 0.2) is 42.5 Å². The lowest BCUT2D eigenvalue weighted by molar-refractivity contribution is -0.534. The Morgan fingerprint density at radius 2 is 2.00 bits per heavy atom. The molecule has 2 saturated heterocycles. The summed E-state index contributed by atoms with van der Waals surface area (Å²) in [7, 11) is 3.12. The molecule has 5 rings (SSSR count). The fourth-order valence-electron chi connectivity index (χ4n) is 5.85. The molecule has 1 amide bonds. The van der Waals surface area contributed by atoms with Gasteiger partial charge in [-0.2, -0.15) is 0 Å². The van der Waals surface area contributed by atoms with Crippen molar-refractivity contribution in [1.29, 1.82) is 0 Å². The summed E-state index contributed by atoms with van der Waals surface area (Å²) in [4.78, 5) is 27.9. The summed E-state index contributed by atoms with van der Waals surface area (Å²) >= 11 is 0. The van der Waals surface area contributed by atoms with Crippen molar-refractivity contribution < 1.29 is 19.2 Å². The minimum atomic E-state index is -1.33. The van der Waals surface area contributed by atoms with Crippen LogP contribution in [0.4, 0.5) is 5.69 Å². The van der Waals surface area contributed by atoms with Crippen LogP contribution in [0.5, 0.6) is 11.5 Å². The summed E-state index contributed by atoms with van der Waals surface area (Å²) < 4.78 is 11.0. The Balaban J connectivity index is 1.77. The number of hydrogen-bond acceptors (Lipinski definition) is 6. The van der Waals surface area contributed by atoms with E-state index in [2.05, 4.69) is 10.2 Å². The highest BCUT2D eigenvalue weighted by molar-refractivity contribution is 6.07. The van der Waals surface area contributed by atoms with Crippen molar-refractivity contribution in [3.63, 3.8) is 0 Å². The molecule has 1 spiro atoms. The van der Waals surface area contributed by atoms with Gasteiger partial charge in [-0.05, 0) is 37.1 Å². The summed E-state index contributed by atoms with van der Waals surface area (Å²) in [5.74, 6) is 0.351. The number of fused-ring (bicyclic) bond motifs is 4. The molecule has 3 heterocycles. The Morgan fingerprint density at radius 1 is 1.20 bits per heavy atom. The molecule has 30 heavy (non-hydrogen) atoms. The zero-order chi connectivity index (χ0) is 21.0. The number of nitrogens with zero attached hydrogens (tertiary/aromatic N) is 2. The Hall–Kier alpha value is -3.13. The summed E-state index contributed by atoms with van der Waals surface area (Å²) in [6, 6.07) is 11.4. The van der Waals surface area contributed by atoms with Crippen molar-refractivity contribution in [2.24, 2.45) is 0 Å². The van der Waals surface area contributed by atoms with Crippen molar-refractivity contribution >= 4 is 11.6 Å². The van der Waals surface area contributed by atoms with E-state index in [4.69, 9.17) is 9.47 Å². The average Bonchev–Trinajstić information content (AvgIpc) is 3.41. The Bertz CT molecular complexity index is 1040. The van der Waals surface area contributed by atoms with Gasteiger partial charge in [0.25, 0.3) is 11.9 Å². The van der Waals surface area contributed by atoms with Crippen molar-refractivity contribution in [3.05, 3.63) is 63.7 Å². The van der Waals surface area contributed by atoms with Gasteiger partial charge in [0.05, 0.1) is 20.1 Å². The molecule has 0 aromatic heterocycles. The first kappa shape index (κ1) is 18.9. The van der Waals surface area contributed by atoms with Crippen molar-refractivity contribution in [3.8, 4) is 11.5 Å². The number of benzene rings is 2. The third kappa shape index (κ3) is 2.28. The van der Waals surface area contributed by atoms with E-state index < -0.39 is 17.5 Å². The second-order valence-corrected chi connectivity index (χ2v) is 8.03. The van der Waals surface area contributed by atoms with Gasteiger partial charge in [-0.15, -0.1) is 0 Å². The van der Waals surface area contributed by atoms with Crippen LogP contribution >= 0.6 is 0 Å². The Labute approximate surface area is 173 Å². The number of nitro groups is 1. The summed E-state index contributed by atoms with van der Waals surface area (Å²) in [5.41, 5.74) is 0.718. The molecule has 2 fully saturated rings. The van der Waals surface area contributed by atoms with E-state index in [-0.39, 0.29) is 16.9 Å². The molecule has 3 aliphatic heterocycles.